The molecule has 1 amide bonds. The van der Waals surface area contributed by atoms with Gasteiger partial charge in [-0.15, -0.1) is 0 Å². The maximum Gasteiger partial charge on any atom is 0.235 e. The smallest absolute Gasteiger partial charge is 0.235 e. The largest absolute Gasteiger partial charge is 0.376 e. The van der Waals surface area contributed by atoms with Gasteiger partial charge >= 0.3 is 0 Å². The van der Waals surface area contributed by atoms with Gasteiger partial charge < -0.3 is 19.5 Å². The highest BCUT2D eigenvalue weighted by Gasteiger charge is 2.24. The summed E-state index contributed by atoms with van der Waals surface area (Å²) in [6, 6.07) is 2.24. The van der Waals surface area contributed by atoms with Gasteiger partial charge in [0, 0.05) is 25.4 Å². The molecule has 1 fully saturated rings. The second-order valence-electron chi connectivity index (χ2n) is 6.57. The zero-order valence-electron chi connectivity index (χ0n) is 16.5. The summed E-state index contributed by atoms with van der Waals surface area (Å²) in [5.74, 6) is 0.642. The van der Waals surface area contributed by atoms with E-state index in [0.29, 0.717) is 17.9 Å². The molecule has 0 aliphatic carbocycles. The molecule has 2 rings (SSSR count). The van der Waals surface area contributed by atoms with Crippen LogP contribution in [0.2, 0.25) is 0 Å². The third-order valence-electron chi connectivity index (χ3n) is 4.96. The molecular weight excluding hydrogens is 380 g/mol. The first-order chi connectivity index (χ1) is 12.9. The van der Waals surface area contributed by atoms with Gasteiger partial charge in [0.05, 0.1) is 24.0 Å². The van der Waals surface area contributed by atoms with Gasteiger partial charge in [0.15, 0.2) is 0 Å². The van der Waals surface area contributed by atoms with Crippen molar-refractivity contribution in [1.82, 2.24) is 9.47 Å². The monoisotopic (exact) mass is 408 g/mol. The summed E-state index contributed by atoms with van der Waals surface area (Å²) in [5.41, 5.74) is 2.41. The average molecular weight is 409 g/mol. The van der Waals surface area contributed by atoms with Gasteiger partial charge in [-0.05, 0) is 46.1 Å². The molecule has 1 saturated heterocycles. The van der Waals surface area contributed by atoms with Crippen molar-refractivity contribution >= 4 is 40.0 Å². The maximum atomic E-state index is 12.5. The standard InChI is InChI=1S/C19H28N4O2S2/c1-5-22(6-2)19(26)27-12-17(24)21-18-16(10-20)13(3)14(4)23(18)11-15-8-7-9-25-15/h15H,5-9,11-12H2,1-4H3,(H,21,24)/t15-/m1/s1. The molecule has 2 heterocycles. The summed E-state index contributed by atoms with van der Waals surface area (Å²) < 4.78 is 8.47. The van der Waals surface area contributed by atoms with Crippen LogP contribution in [0.25, 0.3) is 0 Å². The van der Waals surface area contributed by atoms with Crippen LogP contribution in [0, 0.1) is 25.2 Å². The number of hydrogen-bond acceptors (Lipinski definition) is 5. The van der Waals surface area contributed by atoms with Crippen LogP contribution in [-0.2, 0) is 16.1 Å². The fourth-order valence-corrected chi connectivity index (χ4v) is 4.42. The number of carbonyl (C=O) groups excluding carboxylic acids is 1. The minimum atomic E-state index is -0.155. The highest BCUT2D eigenvalue weighted by Crippen LogP contribution is 2.28. The van der Waals surface area contributed by atoms with E-state index in [1.165, 1.54) is 11.8 Å². The van der Waals surface area contributed by atoms with E-state index in [0.717, 1.165) is 48.1 Å². The molecule has 0 unspecified atom stereocenters. The number of thiocarbonyl (C=S) groups is 1. The van der Waals surface area contributed by atoms with Crippen LogP contribution in [0.1, 0.15) is 43.5 Å². The lowest BCUT2D eigenvalue weighted by Crippen LogP contribution is -2.28. The number of hydrogen-bond donors (Lipinski definition) is 1. The first-order valence-electron chi connectivity index (χ1n) is 9.35. The SMILES string of the molecule is CCN(CC)C(=S)SCC(=O)Nc1c(C#N)c(C)c(C)n1C[C@H]1CCCO1. The lowest BCUT2D eigenvalue weighted by molar-refractivity contribution is -0.113. The van der Waals surface area contributed by atoms with Crippen molar-refractivity contribution in [2.75, 3.05) is 30.8 Å². The molecule has 0 bridgehead atoms. The van der Waals surface area contributed by atoms with Gasteiger partial charge in [-0.25, -0.2) is 0 Å². The lowest BCUT2D eigenvalue weighted by Gasteiger charge is -2.21. The van der Waals surface area contributed by atoms with Gasteiger partial charge in [-0.2, -0.15) is 5.26 Å². The number of anilines is 1. The number of nitrogens with zero attached hydrogens (tertiary/aromatic N) is 3. The summed E-state index contributed by atoms with van der Waals surface area (Å²) >= 11 is 6.74. The zero-order valence-corrected chi connectivity index (χ0v) is 18.1. The highest BCUT2D eigenvalue weighted by atomic mass is 32.2. The Morgan fingerprint density at radius 2 is 2.15 bits per heavy atom. The molecule has 0 aromatic carbocycles. The molecule has 0 spiro atoms. The molecule has 1 atom stereocenters. The van der Waals surface area contributed by atoms with E-state index >= 15 is 0 Å². The number of thioether (sulfide) groups is 1. The van der Waals surface area contributed by atoms with Crippen LogP contribution >= 0.6 is 24.0 Å². The topological polar surface area (TPSA) is 70.3 Å². The molecule has 27 heavy (non-hydrogen) atoms. The fourth-order valence-electron chi connectivity index (χ4n) is 3.22. The highest BCUT2D eigenvalue weighted by molar-refractivity contribution is 8.23. The van der Waals surface area contributed by atoms with E-state index in [-0.39, 0.29) is 17.8 Å². The molecule has 8 heteroatoms. The molecule has 1 aromatic heterocycles. The zero-order chi connectivity index (χ0) is 20.0. The van der Waals surface area contributed by atoms with E-state index < -0.39 is 0 Å². The Kier molecular flexibility index (Phi) is 8.14. The molecule has 6 nitrogen and oxygen atoms in total. The van der Waals surface area contributed by atoms with Crippen LogP contribution < -0.4 is 5.32 Å². The summed E-state index contributed by atoms with van der Waals surface area (Å²) in [6.07, 6.45) is 2.18. The van der Waals surface area contributed by atoms with Crippen LogP contribution in [0.5, 0.6) is 0 Å². The van der Waals surface area contributed by atoms with Crippen molar-refractivity contribution in [3.63, 3.8) is 0 Å². The second kappa shape index (κ2) is 10.1. The van der Waals surface area contributed by atoms with E-state index in [9.17, 15) is 10.1 Å². The van der Waals surface area contributed by atoms with Gasteiger partial charge in [0.1, 0.15) is 16.2 Å². The Labute approximate surface area is 171 Å². The van der Waals surface area contributed by atoms with E-state index in [1.54, 1.807) is 0 Å². The third kappa shape index (κ3) is 5.24. The molecule has 1 aliphatic heterocycles. The summed E-state index contributed by atoms with van der Waals surface area (Å²) in [4.78, 5) is 14.6. The normalized spacial score (nSPS) is 16.2. The minimum Gasteiger partial charge on any atom is -0.376 e. The number of rotatable bonds is 7. The Hall–Kier alpha value is -1.56. The fraction of sp³-hybridized carbons (Fsp3) is 0.632. The summed E-state index contributed by atoms with van der Waals surface area (Å²) in [5, 5.41) is 12.5. The van der Waals surface area contributed by atoms with Gasteiger partial charge in [0.2, 0.25) is 5.91 Å². The Bertz CT molecular complexity index is 729. The van der Waals surface area contributed by atoms with Crippen molar-refractivity contribution < 1.29 is 9.53 Å². The average Bonchev–Trinajstić information content (AvgIpc) is 3.24. The van der Waals surface area contributed by atoms with Crippen molar-refractivity contribution in [3.05, 3.63) is 16.8 Å². The van der Waals surface area contributed by atoms with Crippen molar-refractivity contribution in [3.8, 4) is 6.07 Å². The van der Waals surface area contributed by atoms with Crippen LogP contribution in [0.3, 0.4) is 0 Å². The summed E-state index contributed by atoms with van der Waals surface area (Å²) in [7, 11) is 0. The van der Waals surface area contributed by atoms with E-state index in [1.807, 2.05) is 37.2 Å². The second-order valence-corrected chi connectivity index (χ2v) is 8.18. The Morgan fingerprint density at radius 3 is 2.70 bits per heavy atom. The molecule has 1 aliphatic rings. The summed E-state index contributed by atoms with van der Waals surface area (Å²) in [6.45, 7) is 11.0. The quantitative estimate of drug-likeness (QED) is 0.697. The molecule has 0 radical (unpaired) electrons. The molecular formula is C19H28N4O2S2. The van der Waals surface area contributed by atoms with Crippen LogP contribution in [-0.4, -0.2) is 51.2 Å². The minimum absolute atomic E-state index is 0.127. The van der Waals surface area contributed by atoms with Crippen LogP contribution in [0.4, 0.5) is 5.82 Å². The number of aromatic nitrogens is 1. The first kappa shape index (κ1) is 21.7. The first-order valence-corrected chi connectivity index (χ1v) is 10.7. The van der Waals surface area contributed by atoms with E-state index in [4.69, 9.17) is 17.0 Å². The van der Waals surface area contributed by atoms with Gasteiger partial charge in [-0.3, -0.25) is 4.79 Å². The van der Waals surface area contributed by atoms with Crippen molar-refractivity contribution in [2.45, 2.75) is 53.2 Å². The third-order valence-corrected chi connectivity index (χ3v) is 6.48. The predicted molar refractivity (Wildman–Crippen MR) is 114 cm³/mol. The van der Waals surface area contributed by atoms with Gasteiger partial charge in [-0.1, -0.05) is 24.0 Å². The molecule has 1 N–H and O–H groups in total. The number of ether oxygens (including phenoxy) is 1. The number of nitrogens with one attached hydrogen (secondary N) is 1. The molecule has 148 valence electrons. The Balaban J connectivity index is 2.11. The lowest BCUT2D eigenvalue weighted by atomic mass is 10.2. The van der Waals surface area contributed by atoms with Crippen molar-refractivity contribution in [1.29, 1.82) is 5.26 Å². The number of nitriles is 1. The molecule has 1 aromatic rings. The molecule has 0 saturated carbocycles. The Morgan fingerprint density at radius 1 is 1.44 bits per heavy atom. The predicted octanol–water partition coefficient (Wildman–Crippen LogP) is 3.45. The number of amides is 1. The van der Waals surface area contributed by atoms with Gasteiger partial charge in [0.25, 0.3) is 0 Å². The van der Waals surface area contributed by atoms with E-state index in [2.05, 4.69) is 11.4 Å². The van der Waals surface area contributed by atoms with Crippen molar-refractivity contribution in [2.24, 2.45) is 0 Å². The maximum absolute atomic E-state index is 12.5. The van der Waals surface area contributed by atoms with Crippen LogP contribution in [0.15, 0.2) is 0 Å². The number of carbonyl (C=O) groups is 1.